The van der Waals surface area contributed by atoms with Gasteiger partial charge in [-0.2, -0.15) is 0 Å². The third-order valence-corrected chi connectivity index (χ3v) is 2.46. The van der Waals surface area contributed by atoms with Crippen molar-refractivity contribution in [3.05, 3.63) is 33.9 Å². The molecule has 0 aliphatic heterocycles. The molecule has 0 saturated carbocycles. The maximum atomic E-state index is 11.0. The predicted octanol–water partition coefficient (Wildman–Crippen LogP) is 2.68. The largest absolute Gasteiger partial charge is 0.481 e. The number of ether oxygens (including phenoxy) is 3. The van der Waals surface area contributed by atoms with E-state index in [1.165, 1.54) is 0 Å². The molecule has 0 N–H and O–H groups in total. The Morgan fingerprint density at radius 1 is 1.26 bits per heavy atom. The normalized spacial score (nSPS) is 10.7. The number of nitro benzene ring substituents is 1. The molecule has 106 valence electrons. The average molecular weight is 269 g/mol. The molecule has 0 atom stereocenters. The minimum absolute atomic E-state index is 0.0192. The van der Waals surface area contributed by atoms with Crippen molar-refractivity contribution >= 4 is 5.69 Å². The number of nitro groups is 1. The number of nitrogens with zero attached hydrogens (tertiary/aromatic N) is 1. The fourth-order valence-electron chi connectivity index (χ4n) is 1.66. The lowest BCUT2D eigenvalue weighted by molar-refractivity contribution is -0.386. The van der Waals surface area contributed by atoms with Crippen LogP contribution in [0.3, 0.4) is 0 Å². The molecule has 19 heavy (non-hydrogen) atoms. The van der Waals surface area contributed by atoms with Gasteiger partial charge < -0.3 is 14.2 Å². The Morgan fingerprint density at radius 3 is 2.42 bits per heavy atom. The Balaban J connectivity index is 2.76. The number of hydrogen-bond acceptors (Lipinski definition) is 5. The van der Waals surface area contributed by atoms with Crippen LogP contribution in [-0.2, 0) is 9.47 Å². The average Bonchev–Trinajstić information content (AvgIpc) is 2.36. The van der Waals surface area contributed by atoms with E-state index < -0.39 is 11.2 Å². The molecule has 0 radical (unpaired) electrons. The Hall–Kier alpha value is -1.66. The lowest BCUT2D eigenvalue weighted by atomic mass is 10.2. The Bertz CT molecular complexity index is 415. The van der Waals surface area contributed by atoms with Crippen molar-refractivity contribution in [2.75, 3.05) is 19.8 Å². The summed E-state index contributed by atoms with van der Waals surface area (Å²) in [6.07, 6.45) is -0.518. The Labute approximate surface area is 112 Å². The molecule has 1 aromatic rings. The molecule has 0 heterocycles. The van der Waals surface area contributed by atoms with Gasteiger partial charge in [0.05, 0.1) is 4.92 Å². The zero-order valence-corrected chi connectivity index (χ0v) is 11.4. The van der Waals surface area contributed by atoms with Crippen molar-refractivity contribution in [3.63, 3.8) is 0 Å². The molecule has 0 aliphatic carbocycles. The summed E-state index contributed by atoms with van der Waals surface area (Å²) in [5.41, 5.74) is 0.543. The van der Waals surface area contributed by atoms with Gasteiger partial charge >= 0.3 is 5.69 Å². The molecule has 0 aromatic heterocycles. The van der Waals surface area contributed by atoms with E-state index in [1.54, 1.807) is 25.1 Å². The van der Waals surface area contributed by atoms with Crippen molar-refractivity contribution in [1.82, 2.24) is 0 Å². The van der Waals surface area contributed by atoms with E-state index in [1.807, 2.05) is 13.8 Å². The molecule has 6 nitrogen and oxygen atoms in total. The summed E-state index contributed by atoms with van der Waals surface area (Å²) in [6, 6.07) is 4.96. The van der Waals surface area contributed by atoms with Gasteiger partial charge in [0, 0.05) is 18.8 Å². The van der Waals surface area contributed by atoms with Gasteiger partial charge in [0.15, 0.2) is 12.0 Å². The van der Waals surface area contributed by atoms with Gasteiger partial charge in [-0.3, -0.25) is 10.1 Å². The van der Waals surface area contributed by atoms with E-state index in [0.717, 1.165) is 0 Å². The monoisotopic (exact) mass is 269 g/mol. The summed E-state index contributed by atoms with van der Waals surface area (Å²) < 4.78 is 16.1. The molecular formula is C13H19NO5. The molecule has 1 aromatic carbocycles. The minimum Gasteiger partial charge on any atom is -0.481 e. The zero-order chi connectivity index (χ0) is 14.3. The van der Waals surface area contributed by atoms with Crippen molar-refractivity contribution < 1.29 is 19.1 Å². The van der Waals surface area contributed by atoms with Gasteiger partial charge in [0.2, 0.25) is 0 Å². The topological polar surface area (TPSA) is 70.8 Å². The van der Waals surface area contributed by atoms with Crippen molar-refractivity contribution in [3.8, 4) is 5.75 Å². The van der Waals surface area contributed by atoms with Gasteiger partial charge in [-0.05, 0) is 26.8 Å². The smallest absolute Gasteiger partial charge is 0.313 e. The maximum Gasteiger partial charge on any atom is 0.313 e. The fraction of sp³-hybridized carbons (Fsp3) is 0.538. The fourth-order valence-corrected chi connectivity index (χ4v) is 1.66. The molecule has 0 fully saturated rings. The van der Waals surface area contributed by atoms with Gasteiger partial charge in [0.1, 0.15) is 6.61 Å². The molecule has 6 heteroatoms. The number of hydrogen-bond donors (Lipinski definition) is 0. The van der Waals surface area contributed by atoms with Crippen LogP contribution in [0.5, 0.6) is 5.75 Å². The van der Waals surface area contributed by atoms with Crippen LogP contribution in [0.2, 0.25) is 0 Å². The van der Waals surface area contributed by atoms with E-state index >= 15 is 0 Å². The summed E-state index contributed by atoms with van der Waals surface area (Å²) >= 11 is 0. The molecule has 0 amide bonds. The quantitative estimate of drug-likeness (QED) is 0.412. The molecule has 0 bridgehead atoms. The van der Waals surface area contributed by atoms with E-state index in [2.05, 4.69) is 0 Å². The highest BCUT2D eigenvalue weighted by Crippen LogP contribution is 2.30. The molecule has 0 unspecified atom stereocenters. The molecular weight excluding hydrogens is 250 g/mol. The van der Waals surface area contributed by atoms with Crippen LogP contribution in [0.1, 0.15) is 19.4 Å². The van der Waals surface area contributed by atoms with Crippen LogP contribution >= 0.6 is 0 Å². The summed E-state index contributed by atoms with van der Waals surface area (Å²) in [5.74, 6) is 0.231. The highest BCUT2D eigenvalue weighted by Gasteiger charge is 2.19. The third kappa shape index (κ3) is 4.50. The second-order valence-electron chi connectivity index (χ2n) is 3.83. The van der Waals surface area contributed by atoms with E-state index in [-0.39, 0.29) is 18.0 Å². The first kappa shape index (κ1) is 15.4. The second-order valence-corrected chi connectivity index (χ2v) is 3.83. The van der Waals surface area contributed by atoms with Gasteiger partial charge in [-0.1, -0.05) is 12.1 Å². The van der Waals surface area contributed by atoms with Gasteiger partial charge in [-0.25, -0.2) is 0 Å². The van der Waals surface area contributed by atoms with Crippen LogP contribution in [0.25, 0.3) is 0 Å². The van der Waals surface area contributed by atoms with Gasteiger partial charge in [0.25, 0.3) is 0 Å². The van der Waals surface area contributed by atoms with Crippen LogP contribution in [0.15, 0.2) is 18.2 Å². The third-order valence-electron chi connectivity index (χ3n) is 2.46. The number of benzene rings is 1. The first-order chi connectivity index (χ1) is 9.10. The van der Waals surface area contributed by atoms with Crippen molar-refractivity contribution in [2.24, 2.45) is 0 Å². The molecule has 1 rings (SSSR count). The number of aryl methyl sites for hydroxylation is 1. The highest BCUT2D eigenvalue weighted by atomic mass is 16.7. The van der Waals surface area contributed by atoms with Crippen LogP contribution in [0, 0.1) is 17.0 Å². The van der Waals surface area contributed by atoms with Crippen LogP contribution in [0.4, 0.5) is 5.69 Å². The summed E-state index contributed by atoms with van der Waals surface area (Å²) in [6.45, 7) is 6.47. The predicted molar refractivity (Wildman–Crippen MR) is 70.4 cm³/mol. The summed E-state index contributed by atoms with van der Waals surface area (Å²) in [7, 11) is 0. The van der Waals surface area contributed by atoms with Crippen molar-refractivity contribution in [1.29, 1.82) is 0 Å². The first-order valence-electron chi connectivity index (χ1n) is 6.20. The molecule has 0 spiro atoms. The number of para-hydroxylation sites is 1. The van der Waals surface area contributed by atoms with Crippen LogP contribution < -0.4 is 4.74 Å². The number of rotatable bonds is 8. The maximum absolute atomic E-state index is 11.0. The van der Waals surface area contributed by atoms with Crippen molar-refractivity contribution in [2.45, 2.75) is 27.1 Å². The Kier molecular flexibility index (Phi) is 6.24. The second kappa shape index (κ2) is 7.70. The minimum atomic E-state index is -0.518. The van der Waals surface area contributed by atoms with E-state index in [9.17, 15) is 10.1 Å². The molecule has 0 saturated heterocycles. The standard InChI is InChI=1S/C13H19NO5/c1-4-17-12(18-5-2)9-19-11-8-6-7-10(3)13(11)14(15)16/h6-8,12H,4-5,9H2,1-3H3. The van der Waals surface area contributed by atoms with E-state index in [0.29, 0.717) is 18.8 Å². The summed E-state index contributed by atoms with van der Waals surface area (Å²) in [4.78, 5) is 10.6. The lowest BCUT2D eigenvalue weighted by Crippen LogP contribution is -2.25. The lowest BCUT2D eigenvalue weighted by Gasteiger charge is -2.17. The van der Waals surface area contributed by atoms with Gasteiger partial charge in [-0.15, -0.1) is 0 Å². The zero-order valence-electron chi connectivity index (χ0n) is 11.4. The molecule has 0 aliphatic rings. The SMILES string of the molecule is CCOC(COc1cccc(C)c1[N+](=O)[O-])OCC. The van der Waals surface area contributed by atoms with E-state index in [4.69, 9.17) is 14.2 Å². The highest BCUT2D eigenvalue weighted by molar-refractivity contribution is 5.51. The Morgan fingerprint density at radius 2 is 1.89 bits per heavy atom. The first-order valence-corrected chi connectivity index (χ1v) is 6.20. The van der Waals surface area contributed by atoms with Crippen LogP contribution in [-0.4, -0.2) is 31.0 Å². The summed E-state index contributed by atoms with van der Waals surface area (Å²) in [5, 5.41) is 11.0.